The van der Waals surface area contributed by atoms with Crippen LogP contribution >= 0.6 is 27.3 Å². The van der Waals surface area contributed by atoms with Gasteiger partial charge in [0.05, 0.1) is 0 Å². The van der Waals surface area contributed by atoms with Crippen LogP contribution in [0.1, 0.15) is 5.56 Å². The molecule has 0 N–H and O–H groups in total. The normalized spacial score (nSPS) is 10.1. The first kappa shape index (κ1) is 7.15. The van der Waals surface area contributed by atoms with Crippen LogP contribution in [-0.2, 0) is 5.33 Å². The lowest BCUT2D eigenvalue weighted by molar-refractivity contribution is 0.593. The lowest BCUT2D eigenvalue weighted by atomic mass is 10.4. The Hall–Kier alpha value is 0.0400. The van der Waals surface area contributed by atoms with Crippen molar-refractivity contribution in [1.82, 2.24) is 0 Å². The van der Waals surface area contributed by atoms with Crippen molar-refractivity contribution in [1.29, 1.82) is 0 Å². The molecule has 0 saturated heterocycles. The van der Waals surface area contributed by atoms with Gasteiger partial charge in [0.25, 0.3) is 0 Å². The van der Waals surface area contributed by atoms with Crippen LogP contribution in [0.4, 0.5) is 8.78 Å². The number of hydrogen-bond donors (Lipinski definition) is 0. The maximum Gasteiger partial charge on any atom is 0.183 e. The second kappa shape index (κ2) is 2.75. The van der Waals surface area contributed by atoms with Crippen LogP contribution in [0.2, 0.25) is 0 Å². The van der Waals surface area contributed by atoms with Crippen molar-refractivity contribution in [3.63, 3.8) is 0 Å². The molecule has 0 nitrogen and oxygen atoms in total. The highest BCUT2D eigenvalue weighted by Gasteiger charge is 2.08. The standard InChI is InChI=1S/C5H3BrF2S/c6-1-3-4(7)2-9-5(3)8/h2H,1H2. The fourth-order valence-electron chi connectivity index (χ4n) is 0.456. The van der Waals surface area contributed by atoms with E-state index in [0.29, 0.717) is 0 Å². The lowest BCUT2D eigenvalue weighted by Gasteiger charge is -1.86. The quantitative estimate of drug-likeness (QED) is 0.629. The van der Waals surface area contributed by atoms with Crippen LogP contribution in [0.15, 0.2) is 5.38 Å². The van der Waals surface area contributed by atoms with E-state index in [1.807, 2.05) is 0 Å². The van der Waals surface area contributed by atoms with Gasteiger partial charge in [0, 0.05) is 16.3 Å². The maximum absolute atomic E-state index is 12.4. The van der Waals surface area contributed by atoms with E-state index in [0.717, 1.165) is 16.7 Å². The molecule has 0 atom stereocenters. The van der Waals surface area contributed by atoms with Crippen molar-refractivity contribution in [3.05, 3.63) is 21.9 Å². The Balaban J connectivity index is 3.07. The van der Waals surface area contributed by atoms with E-state index in [9.17, 15) is 8.78 Å². The van der Waals surface area contributed by atoms with Gasteiger partial charge in [0.2, 0.25) is 0 Å². The fourth-order valence-corrected chi connectivity index (χ4v) is 1.82. The van der Waals surface area contributed by atoms with Gasteiger partial charge in [0.15, 0.2) is 5.13 Å². The number of halogens is 3. The molecule has 0 aliphatic carbocycles. The SMILES string of the molecule is Fc1csc(F)c1CBr. The zero-order valence-corrected chi connectivity index (χ0v) is 6.73. The average molecular weight is 213 g/mol. The third kappa shape index (κ3) is 1.30. The Morgan fingerprint density at radius 1 is 1.56 bits per heavy atom. The van der Waals surface area contributed by atoms with Gasteiger partial charge in [-0.05, 0) is 0 Å². The fraction of sp³-hybridized carbons (Fsp3) is 0.200. The van der Waals surface area contributed by atoms with Crippen LogP contribution in [0, 0.1) is 10.9 Å². The maximum atomic E-state index is 12.4. The first-order valence-electron chi connectivity index (χ1n) is 2.23. The smallest absolute Gasteiger partial charge is 0.183 e. The van der Waals surface area contributed by atoms with Gasteiger partial charge < -0.3 is 0 Å². The summed E-state index contributed by atoms with van der Waals surface area (Å²) in [5, 5.41) is 0.962. The summed E-state index contributed by atoms with van der Waals surface area (Å²) in [7, 11) is 0. The number of rotatable bonds is 1. The summed E-state index contributed by atoms with van der Waals surface area (Å²) in [6.07, 6.45) is 0. The van der Waals surface area contributed by atoms with E-state index in [-0.39, 0.29) is 10.9 Å². The minimum atomic E-state index is -0.464. The molecule has 0 spiro atoms. The van der Waals surface area contributed by atoms with Crippen molar-refractivity contribution in [2.24, 2.45) is 0 Å². The molecular weight excluding hydrogens is 210 g/mol. The molecule has 0 amide bonds. The summed E-state index contributed by atoms with van der Waals surface area (Å²) in [4.78, 5) is 0. The number of hydrogen-bond acceptors (Lipinski definition) is 1. The Morgan fingerprint density at radius 3 is 2.44 bits per heavy atom. The summed E-state index contributed by atoms with van der Waals surface area (Å²) in [6, 6.07) is 0. The van der Waals surface area contributed by atoms with Crippen LogP contribution in [0.3, 0.4) is 0 Å². The topological polar surface area (TPSA) is 0 Å². The highest BCUT2D eigenvalue weighted by Crippen LogP contribution is 2.21. The molecule has 50 valence electrons. The van der Waals surface area contributed by atoms with E-state index in [2.05, 4.69) is 15.9 Å². The summed E-state index contributed by atoms with van der Waals surface area (Å²) < 4.78 is 24.7. The van der Waals surface area contributed by atoms with Crippen molar-refractivity contribution in [3.8, 4) is 0 Å². The van der Waals surface area contributed by atoms with E-state index >= 15 is 0 Å². The minimum Gasteiger partial charge on any atom is -0.206 e. The Labute approximate surface area is 63.6 Å². The van der Waals surface area contributed by atoms with E-state index in [1.54, 1.807) is 0 Å². The zero-order chi connectivity index (χ0) is 6.85. The Kier molecular flexibility index (Phi) is 2.18. The van der Waals surface area contributed by atoms with Gasteiger partial charge in [-0.3, -0.25) is 0 Å². The third-order valence-electron chi connectivity index (χ3n) is 0.925. The molecule has 0 aromatic carbocycles. The van der Waals surface area contributed by atoms with Crippen molar-refractivity contribution in [2.75, 3.05) is 0 Å². The predicted molar refractivity (Wildman–Crippen MR) is 36.9 cm³/mol. The predicted octanol–water partition coefficient (Wildman–Crippen LogP) is 2.92. The van der Waals surface area contributed by atoms with Gasteiger partial charge >= 0.3 is 0 Å². The average Bonchev–Trinajstić information content (AvgIpc) is 2.12. The highest BCUT2D eigenvalue weighted by molar-refractivity contribution is 9.08. The van der Waals surface area contributed by atoms with E-state index in [1.165, 1.54) is 0 Å². The second-order valence-electron chi connectivity index (χ2n) is 1.47. The Bertz CT molecular complexity index is 189. The molecule has 0 bridgehead atoms. The highest BCUT2D eigenvalue weighted by atomic mass is 79.9. The molecule has 0 aliphatic heterocycles. The third-order valence-corrected chi connectivity index (χ3v) is 2.26. The molecule has 4 heteroatoms. The molecule has 0 radical (unpaired) electrons. The lowest BCUT2D eigenvalue weighted by Crippen LogP contribution is -1.79. The van der Waals surface area contributed by atoms with E-state index in [4.69, 9.17) is 0 Å². The van der Waals surface area contributed by atoms with Gasteiger partial charge in [-0.15, -0.1) is 11.3 Å². The van der Waals surface area contributed by atoms with Gasteiger partial charge in [-0.2, -0.15) is 4.39 Å². The molecule has 0 unspecified atom stereocenters. The summed E-state index contributed by atoms with van der Waals surface area (Å²) in [6.45, 7) is 0. The largest absolute Gasteiger partial charge is 0.206 e. The van der Waals surface area contributed by atoms with Crippen molar-refractivity contribution >= 4 is 27.3 Å². The molecule has 1 heterocycles. The molecule has 9 heavy (non-hydrogen) atoms. The molecule has 1 rings (SSSR count). The summed E-state index contributed by atoms with van der Waals surface area (Å²) >= 11 is 3.75. The van der Waals surface area contributed by atoms with Crippen molar-refractivity contribution in [2.45, 2.75) is 5.33 Å². The first-order valence-corrected chi connectivity index (χ1v) is 4.23. The van der Waals surface area contributed by atoms with Crippen LogP contribution in [-0.4, -0.2) is 0 Å². The summed E-state index contributed by atoms with van der Waals surface area (Å²) in [5.74, 6) is -0.464. The molecule has 0 aliphatic rings. The van der Waals surface area contributed by atoms with Gasteiger partial charge in [0.1, 0.15) is 5.82 Å². The molecule has 1 aromatic rings. The second-order valence-corrected chi connectivity index (χ2v) is 2.86. The van der Waals surface area contributed by atoms with E-state index < -0.39 is 10.9 Å². The molecule has 0 saturated carbocycles. The van der Waals surface area contributed by atoms with Crippen molar-refractivity contribution < 1.29 is 8.78 Å². The molecular formula is C5H3BrF2S. The zero-order valence-electron chi connectivity index (χ0n) is 4.33. The monoisotopic (exact) mass is 212 g/mol. The summed E-state index contributed by atoms with van der Waals surface area (Å²) in [5.41, 5.74) is 0.125. The van der Waals surface area contributed by atoms with Gasteiger partial charge in [-0.1, -0.05) is 15.9 Å². The number of alkyl halides is 1. The van der Waals surface area contributed by atoms with Crippen LogP contribution in [0.5, 0.6) is 0 Å². The first-order chi connectivity index (χ1) is 4.25. The number of thiophene rings is 1. The minimum absolute atomic E-state index is 0.125. The molecule has 0 fully saturated rings. The van der Waals surface area contributed by atoms with Crippen LogP contribution in [0.25, 0.3) is 0 Å². The molecule has 1 aromatic heterocycles. The Morgan fingerprint density at radius 2 is 2.22 bits per heavy atom. The van der Waals surface area contributed by atoms with Gasteiger partial charge in [-0.25, -0.2) is 4.39 Å². The van der Waals surface area contributed by atoms with Crippen LogP contribution < -0.4 is 0 Å².